The third kappa shape index (κ3) is 6.49. The molecule has 3 aliphatic rings. The van der Waals surface area contributed by atoms with E-state index in [1.54, 1.807) is 18.3 Å². The van der Waals surface area contributed by atoms with Crippen LogP contribution in [0.25, 0.3) is 0 Å². The molecule has 0 unspecified atom stereocenters. The fraction of sp³-hybridized carbons (Fsp3) is 0.455. The SMILES string of the molecule is C[C@@H]1[C@H](CC(=O)c2ccc(C3CC3)cc2)CCCN1c1cnc(C(N)=O)c(Nc2ccc(N3CCN(C)CC3)c(F)c2)n1. The summed E-state index contributed by atoms with van der Waals surface area (Å²) in [6.07, 6.45) is 6.34. The Hall–Kier alpha value is -4.05. The van der Waals surface area contributed by atoms with Gasteiger partial charge < -0.3 is 25.8 Å². The van der Waals surface area contributed by atoms with E-state index < -0.39 is 5.91 Å². The molecule has 0 radical (unpaired) electrons. The number of carbonyl (C=O) groups excluding carboxylic acids is 2. The summed E-state index contributed by atoms with van der Waals surface area (Å²) in [4.78, 5) is 40.9. The summed E-state index contributed by atoms with van der Waals surface area (Å²) in [6.45, 7) is 6.12. The standard InChI is InChI=1S/C33H40FN7O2/c1-21-25(18-29(42)24-9-7-23(8-10-24)22-5-6-22)4-3-13-41(21)30-20-36-31(32(35)43)33(38-30)37-26-11-12-28(27(34)19-26)40-16-14-39(2)15-17-40/h7-12,19-22,25H,3-6,13-18H2,1-2H3,(H2,35,43)(H,37,38)/t21-,25+/m1/s1. The van der Waals surface area contributed by atoms with Crippen molar-refractivity contribution in [2.24, 2.45) is 11.7 Å². The number of piperazine rings is 1. The van der Waals surface area contributed by atoms with Crippen molar-refractivity contribution in [3.8, 4) is 0 Å². The number of hydrogen-bond acceptors (Lipinski definition) is 8. The first-order valence-electron chi connectivity index (χ1n) is 15.3. The number of rotatable bonds is 9. The first-order valence-corrected chi connectivity index (χ1v) is 15.3. The van der Waals surface area contributed by atoms with Crippen LogP contribution in [0.2, 0.25) is 0 Å². The van der Waals surface area contributed by atoms with Crippen molar-refractivity contribution in [2.75, 3.05) is 54.9 Å². The Kier molecular flexibility index (Phi) is 8.30. The van der Waals surface area contributed by atoms with Crippen LogP contribution in [-0.4, -0.2) is 72.4 Å². The van der Waals surface area contributed by atoms with Crippen LogP contribution in [0.15, 0.2) is 48.7 Å². The summed E-state index contributed by atoms with van der Waals surface area (Å²) in [6, 6.07) is 13.1. The number of amides is 1. The highest BCUT2D eigenvalue weighted by molar-refractivity contribution is 5.97. The lowest BCUT2D eigenvalue weighted by molar-refractivity contribution is 0.0944. The molecule has 1 saturated carbocycles. The van der Waals surface area contributed by atoms with Gasteiger partial charge in [0, 0.05) is 56.4 Å². The Labute approximate surface area is 252 Å². The molecule has 1 aliphatic carbocycles. The molecule has 0 spiro atoms. The molecule has 0 bridgehead atoms. The van der Waals surface area contributed by atoms with Crippen LogP contribution in [0.5, 0.6) is 0 Å². The minimum atomic E-state index is -0.723. The van der Waals surface area contributed by atoms with Gasteiger partial charge in [-0.1, -0.05) is 24.3 Å². The fourth-order valence-corrected chi connectivity index (χ4v) is 6.34. The van der Waals surface area contributed by atoms with Crippen LogP contribution >= 0.6 is 0 Å². The largest absolute Gasteiger partial charge is 0.367 e. The van der Waals surface area contributed by atoms with E-state index in [4.69, 9.17) is 10.7 Å². The average molecular weight is 586 g/mol. The number of carbonyl (C=O) groups is 2. The maximum Gasteiger partial charge on any atom is 0.271 e. The number of likely N-dealkylation sites (N-methyl/N-ethyl adjacent to an activating group) is 1. The van der Waals surface area contributed by atoms with Gasteiger partial charge in [0.15, 0.2) is 17.3 Å². The topological polar surface area (TPSA) is 108 Å². The maximum absolute atomic E-state index is 15.2. The highest BCUT2D eigenvalue weighted by Crippen LogP contribution is 2.40. The number of benzene rings is 2. The van der Waals surface area contributed by atoms with Crippen molar-refractivity contribution in [1.29, 1.82) is 0 Å². The zero-order valence-corrected chi connectivity index (χ0v) is 24.9. The molecule has 2 atom stereocenters. The van der Waals surface area contributed by atoms with Gasteiger partial charge in [0.05, 0.1) is 11.9 Å². The number of nitrogens with two attached hydrogens (primary N) is 1. The van der Waals surface area contributed by atoms with Gasteiger partial charge in [-0.2, -0.15) is 0 Å². The molecular weight excluding hydrogens is 545 g/mol. The van der Waals surface area contributed by atoms with Crippen LogP contribution in [0.3, 0.4) is 0 Å². The number of primary amides is 1. The van der Waals surface area contributed by atoms with Crippen molar-refractivity contribution in [3.63, 3.8) is 0 Å². The van der Waals surface area contributed by atoms with E-state index in [1.165, 1.54) is 24.5 Å². The van der Waals surface area contributed by atoms with E-state index in [1.807, 2.05) is 17.0 Å². The highest BCUT2D eigenvalue weighted by Gasteiger charge is 2.32. The molecule has 2 aromatic carbocycles. The molecule has 3 fully saturated rings. The first-order chi connectivity index (χ1) is 20.8. The minimum absolute atomic E-state index is 0.0154. The molecular formula is C33H40FN7O2. The normalized spacial score (nSPS) is 21.1. The van der Waals surface area contributed by atoms with Gasteiger partial charge in [-0.05, 0) is 75.3 Å². The van der Waals surface area contributed by atoms with Crippen molar-refractivity contribution in [2.45, 2.75) is 51.0 Å². The zero-order chi connectivity index (χ0) is 30.1. The summed E-state index contributed by atoms with van der Waals surface area (Å²) in [5.74, 6) is 0.657. The second-order valence-electron chi connectivity index (χ2n) is 12.2. The quantitative estimate of drug-likeness (QED) is 0.339. The summed E-state index contributed by atoms with van der Waals surface area (Å²) in [5.41, 5.74) is 8.70. The van der Waals surface area contributed by atoms with Crippen LogP contribution in [-0.2, 0) is 0 Å². The maximum atomic E-state index is 15.2. The fourth-order valence-electron chi connectivity index (χ4n) is 6.34. The van der Waals surface area contributed by atoms with E-state index in [0.717, 1.165) is 51.1 Å². The molecule has 43 heavy (non-hydrogen) atoms. The van der Waals surface area contributed by atoms with Gasteiger partial charge in [-0.3, -0.25) is 9.59 Å². The molecule has 9 nitrogen and oxygen atoms in total. The van der Waals surface area contributed by atoms with Gasteiger partial charge in [0.2, 0.25) is 0 Å². The van der Waals surface area contributed by atoms with Gasteiger partial charge in [-0.15, -0.1) is 0 Å². The van der Waals surface area contributed by atoms with E-state index in [9.17, 15) is 9.59 Å². The monoisotopic (exact) mass is 585 g/mol. The van der Waals surface area contributed by atoms with Crippen LogP contribution < -0.4 is 20.9 Å². The Balaban J connectivity index is 1.17. The summed E-state index contributed by atoms with van der Waals surface area (Å²) in [5, 5.41) is 3.09. The molecule has 3 N–H and O–H groups in total. The Morgan fingerprint density at radius 3 is 2.44 bits per heavy atom. The van der Waals surface area contributed by atoms with Crippen molar-refractivity contribution >= 4 is 34.7 Å². The van der Waals surface area contributed by atoms with Crippen molar-refractivity contribution < 1.29 is 14.0 Å². The number of piperidine rings is 1. The third-order valence-electron chi connectivity index (χ3n) is 9.22. The lowest BCUT2D eigenvalue weighted by atomic mass is 9.85. The molecule has 3 aromatic rings. The molecule has 1 aromatic heterocycles. The number of hydrogen-bond donors (Lipinski definition) is 2. The van der Waals surface area contributed by atoms with Gasteiger partial charge in [-0.25, -0.2) is 14.4 Å². The predicted molar refractivity (Wildman–Crippen MR) is 167 cm³/mol. The van der Waals surface area contributed by atoms with E-state index in [-0.39, 0.29) is 35.1 Å². The molecule has 2 saturated heterocycles. The number of nitrogens with one attached hydrogen (secondary N) is 1. The number of Topliss-reactive ketones (excluding diaryl/α,β-unsaturated/α-hetero) is 1. The second-order valence-corrected chi connectivity index (χ2v) is 12.2. The Bertz CT molecular complexity index is 1490. The molecule has 2 aliphatic heterocycles. The number of halogens is 1. The molecule has 6 rings (SSSR count). The van der Waals surface area contributed by atoms with Crippen LogP contribution in [0.4, 0.5) is 27.4 Å². The van der Waals surface area contributed by atoms with Gasteiger partial charge in [0.1, 0.15) is 11.6 Å². The number of ketones is 1. The van der Waals surface area contributed by atoms with E-state index in [0.29, 0.717) is 29.5 Å². The highest BCUT2D eigenvalue weighted by atomic mass is 19.1. The van der Waals surface area contributed by atoms with E-state index in [2.05, 4.69) is 46.2 Å². The summed E-state index contributed by atoms with van der Waals surface area (Å²) >= 11 is 0. The lowest BCUT2D eigenvalue weighted by Crippen LogP contribution is -2.44. The smallest absolute Gasteiger partial charge is 0.271 e. The Morgan fingerprint density at radius 1 is 1.02 bits per heavy atom. The minimum Gasteiger partial charge on any atom is -0.367 e. The molecule has 3 heterocycles. The number of anilines is 4. The molecule has 226 valence electrons. The average Bonchev–Trinajstić information content (AvgIpc) is 3.85. The number of aromatic nitrogens is 2. The molecule has 1 amide bonds. The summed E-state index contributed by atoms with van der Waals surface area (Å²) < 4.78 is 15.2. The molecule has 10 heteroatoms. The van der Waals surface area contributed by atoms with E-state index >= 15 is 4.39 Å². The van der Waals surface area contributed by atoms with Crippen molar-refractivity contribution in [3.05, 3.63) is 71.3 Å². The number of nitrogens with zero attached hydrogens (tertiary/aromatic N) is 5. The first kappa shape index (κ1) is 29.0. The third-order valence-corrected chi connectivity index (χ3v) is 9.22. The van der Waals surface area contributed by atoms with Gasteiger partial charge in [0.25, 0.3) is 5.91 Å². The predicted octanol–water partition coefficient (Wildman–Crippen LogP) is 4.97. The van der Waals surface area contributed by atoms with Crippen LogP contribution in [0.1, 0.15) is 71.4 Å². The second kappa shape index (κ2) is 12.3. The lowest BCUT2D eigenvalue weighted by Gasteiger charge is -2.40. The summed E-state index contributed by atoms with van der Waals surface area (Å²) in [7, 11) is 2.06. The van der Waals surface area contributed by atoms with Crippen molar-refractivity contribution in [1.82, 2.24) is 14.9 Å². The zero-order valence-electron chi connectivity index (χ0n) is 24.9. The van der Waals surface area contributed by atoms with Gasteiger partial charge >= 0.3 is 0 Å². The Morgan fingerprint density at radius 2 is 1.77 bits per heavy atom. The van der Waals surface area contributed by atoms with Crippen LogP contribution in [0, 0.1) is 11.7 Å².